The van der Waals surface area contributed by atoms with Crippen molar-refractivity contribution < 1.29 is 54.1 Å². The molecule has 2 aromatic carbocycles. The van der Waals surface area contributed by atoms with Crippen molar-refractivity contribution in [2.75, 3.05) is 13.7 Å². The van der Waals surface area contributed by atoms with E-state index in [1.807, 2.05) is 0 Å². The van der Waals surface area contributed by atoms with E-state index in [-0.39, 0.29) is 46.6 Å². The first-order valence-corrected chi connectivity index (χ1v) is 13.6. The molecule has 2 aromatic rings. The molecule has 0 bridgehead atoms. The van der Waals surface area contributed by atoms with Gasteiger partial charge in [-0.15, -0.1) is 0 Å². The van der Waals surface area contributed by atoms with Crippen LogP contribution in [0.5, 0.6) is 17.2 Å². The SMILES string of the molecule is COc1cccc2c1C(=O)c1c(O)c3c(c(O)c1C2=O)C[C@@](O)(/C(C)=N\NC(=O)CO)C[C@H]3O[C@H]1C[C@@H](N)[C@@H](O)[C@H](C)O1. The van der Waals surface area contributed by atoms with Crippen molar-refractivity contribution in [3.63, 3.8) is 0 Å². The second-order valence-electron chi connectivity index (χ2n) is 11.0. The van der Waals surface area contributed by atoms with Gasteiger partial charge in [-0.3, -0.25) is 14.4 Å². The van der Waals surface area contributed by atoms with Gasteiger partial charge in [-0.05, 0) is 19.9 Å². The molecular formula is C29H33N3O11. The fraction of sp³-hybridized carbons (Fsp3) is 0.448. The highest BCUT2D eigenvalue weighted by atomic mass is 16.7. The lowest BCUT2D eigenvalue weighted by Gasteiger charge is -2.42. The number of hydrazone groups is 1. The molecule has 230 valence electrons. The lowest BCUT2D eigenvalue weighted by atomic mass is 9.72. The Morgan fingerprint density at radius 3 is 2.53 bits per heavy atom. The zero-order chi connectivity index (χ0) is 31.4. The molecule has 14 nitrogen and oxygen atoms in total. The van der Waals surface area contributed by atoms with Crippen LogP contribution >= 0.6 is 0 Å². The quantitative estimate of drug-likeness (QED) is 0.112. The molecule has 0 spiro atoms. The molecule has 1 aliphatic heterocycles. The second-order valence-corrected chi connectivity index (χ2v) is 11.0. The van der Waals surface area contributed by atoms with Crippen LogP contribution in [0.15, 0.2) is 23.3 Å². The number of nitrogens with two attached hydrogens (primary N) is 1. The van der Waals surface area contributed by atoms with Crippen LogP contribution < -0.4 is 15.9 Å². The normalized spacial score (nSPS) is 28.5. The molecule has 14 heteroatoms. The fourth-order valence-electron chi connectivity index (χ4n) is 5.95. The molecule has 8 N–H and O–H groups in total. The number of ether oxygens (including phenoxy) is 3. The van der Waals surface area contributed by atoms with Gasteiger partial charge in [0.1, 0.15) is 29.5 Å². The Hall–Kier alpha value is -3.92. The number of benzene rings is 2. The largest absolute Gasteiger partial charge is 0.507 e. The number of carbonyl (C=O) groups is 3. The van der Waals surface area contributed by atoms with Crippen LogP contribution in [0, 0.1) is 0 Å². The number of aromatic hydroxyl groups is 2. The summed E-state index contributed by atoms with van der Waals surface area (Å²) in [6.07, 6.45) is -4.64. The summed E-state index contributed by atoms with van der Waals surface area (Å²) in [5.41, 5.74) is 5.10. The Labute approximate surface area is 245 Å². The third-order valence-corrected chi connectivity index (χ3v) is 8.31. The minimum Gasteiger partial charge on any atom is -0.507 e. The molecule has 5 rings (SSSR count). The molecule has 1 amide bonds. The summed E-state index contributed by atoms with van der Waals surface area (Å²) in [4.78, 5) is 39.1. The van der Waals surface area contributed by atoms with Gasteiger partial charge < -0.3 is 45.5 Å². The number of ketones is 2. The molecule has 1 fully saturated rings. The Kier molecular flexibility index (Phi) is 8.02. The zero-order valence-corrected chi connectivity index (χ0v) is 23.7. The molecular weight excluding hydrogens is 566 g/mol. The van der Waals surface area contributed by atoms with E-state index in [0.29, 0.717) is 0 Å². The molecule has 6 atom stereocenters. The van der Waals surface area contributed by atoms with Crippen LogP contribution in [-0.2, 0) is 20.7 Å². The molecule has 1 heterocycles. The highest BCUT2D eigenvalue weighted by Gasteiger charge is 2.49. The number of methoxy groups -OCH3 is 1. The van der Waals surface area contributed by atoms with Crippen molar-refractivity contribution in [2.24, 2.45) is 10.8 Å². The van der Waals surface area contributed by atoms with E-state index in [9.17, 15) is 34.8 Å². The molecule has 3 aliphatic rings. The maximum Gasteiger partial charge on any atom is 0.265 e. The van der Waals surface area contributed by atoms with Crippen molar-refractivity contribution in [1.29, 1.82) is 0 Å². The number of phenolic OH excluding ortho intramolecular Hbond substituents is 2. The lowest BCUT2D eigenvalue weighted by Crippen LogP contribution is -2.52. The highest BCUT2D eigenvalue weighted by molar-refractivity contribution is 6.31. The highest BCUT2D eigenvalue weighted by Crippen LogP contribution is 2.52. The van der Waals surface area contributed by atoms with E-state index >= 15 is 0 Å². The molecule has 0 aromatic heterocycles. The van der Waals surface area contributed by atoms with E-state index < -0.39 is 89.4 Å². The van der Waals surface area contributed by atoms with Gasteiger partial charge in [-0.2, -0.15) is 5.10 Å². The second kappa shape index (κ2) is 11.3. The van der Waals surface area contributed by atoms with Crippen molar-refractivity contribution in [3.05, 3.63) is 51.6 Å². The fourth-order valence-corrected chi connectivity index (χ4v) is 5.95. The smallest absolute Gasteiger partial charge is 0.265 e. The first-order valence-electron chi connectivity index (χ1n) is 13.6. The van der Waals surface area contributed by atoms with Crippen molar-refractivity contribution in [3.8, 4) is 17.2 Å². The van der Waals surface area contributed by atoms with Gasteiger partial charge in [0.2, 0.25) is 5.78 Å². The van der Waals surface area contributed by atoms with E-state index in [0.717, 1.165) is 0 Å². The Morgan fingerprint density at radius 1 is 1.19 bits per heavy atom. The van der Waals surface area contributed by atoms with Gasteiger partial charge in [-0.1, -0.05) is 12.1 Å². The first kappa shape index (κ1) is 30.5. The minimum absolute atomic E-state index is 0.0345. The van der Waals surface area contributed by atoms with Crippen LogP contribution in [0.1, 0.15) is 75.8 Å². The molecule has 1 saturated heterocycles. The Bertz CT molecular complexity index is 1530. The molecule has 0 unspecified atom stereocenters. The van der Waals surface area contributed by atoms with Gasteiger partial charge in [0, 0.05) is 42.0 Å². The van der Waals surface area contributed by atoms with Crippen molar-refractivity contribution >= 4 is 23.2 Å². The lowest BCUT2D eigenvalue weighted by molar-refractivity contribution is -0.245. The number of rotatable bonds is 6. The average Bonchev–Trinajstić information content (AvgIpc) is 2.98. The van der Waals surface area contributed by atoms with E-state index in [4.69, 9.17) is 25.1 Å². The molecule has 0 radical (unpaired) electrons. The predicted octanol–water partition coefficient (Wildman–Crippen LogP) is -0.0757. The zero-order valence-electron chi connectivity index (χ0n) is 23.7. The molecule has 43 heavy (non-hydrogen) atoms. The van der Waals surface area contributed by atoms with Crippen LogP contribution in [0.25, 0.3) is 0 Å². The van der Waals surface area contributed by atoms with Gasteiger partial charge in [0.05, 0.1) is 47.8 Å². The maximum atomic E-state index is 13.8. The summed E-state index contributed by atoms with van der Waals surface area (Å²) in [5, 5.41) is 58.1. The van der Waals surface area contributed by atoms with Crippen molar-refractivity contribution in [2.45, 2.75) is 69.4 Å². The topological polar surface area (TPSA) is 230 Å². The maximum absolute atomic E-state index is 13.8. The number of carbonyl (C=O) groups excluding carboxylic acids is 3. The summed E-state index contributed by atoms with van der Waals surface area (Å²) in [6.45, 7) is 2.15. The van der Waals surface area contributed by atoms with Crippen LogP contribution in [0.2, 0.25) is 0 Å². The van der Waals surface area contributed by atoms with Gasteiger partial charge in [0.25, 0.3) is 5.91 Å². The monoisotopic (exact) mass is 599 g/mol. The number of aliphatic hydroxyl groups is 3. The van der Waals surface area contributed by atoms with Crippen LogP contribution in [-0.4, -0.2) is 92.6 Å². The minimum atomic E-state index is -1.91. The summed E-state index contributed by atoms with van der Waals surface area (Å²) < 4.78 is 17.3. The number of fused-ring (bicyclic) bond motifs is 3. The first-order chi connectivity index (χ1) is 20.3. The van der Waals surface area contributed by atoms with Crippen LogP contribution in [0.3, 0.4) is 0 Å². The summed E-state index contributed by atoms with van der Waals surface area (Å²) >= 11 is 0. The molecule has 0 saturated carbocycles. The van der Waals surface area contributed by atoms with Gasteiger partial charge in [0.15, 0.2) is 12.1 Å². The Morgan fingerprint density at radius 2 is 1.88 bits per heavy atom. The van der Waals surface area contributed by atoms with Crippen molar-refractivity contribution in [1.82, 2.24) is 5.43 Å². The number of nitrogens with zero attached hydrogens (tertiary/aromatic N) is 1. The van der Waals surface area contributed by atoms with Crippen LogP contribution in [0.4, 0.5) is 0 Å². The third kappa shape index (κ3) is 5.05. The predicted molar refractivity (Wildman–Crippen MR) is 148 cm³/mol. The van der Waals surface area contributed by atoms with E-state index in [2.05, 4.69) is 10.5 Å². The number of hydrogen-bond acceptors (Lipinski definition) is 13. The third-order valence-electron chi connectivity index (χ3n) is 8.31. The number of hydrogen-bond donors (Lipinski definition) is 7. The standard InChI is InChI=1S/C29H33N3O11/c1-11-24(35)15(30)7-19(42-11)43-17-9-29(40,12(2)31-32-18(34)10-33)8-14-21(17)28(39)23-22(26(14)37)25(36)13-5-4-6-16(41-3)20(13)27(23)38/h4-6,11,15,17,19,24,33,35,37,39-40H,7-10,30H2,1-3H3,(H,32,34)/b31-12-/t11-,15+,17+,19-,24-,29-/m0/s1. The van der Waals surface area contributed by atoms with Gasteiger partial charge in [-0.25, -0.2) is 5.43 Å². The number of amides is 1. The summed E-state index contributed by atoms with van der Waals surface area (Å²) in [6, 6.07) is 3.69. The van der Waals surface area contributed by atoms with E-state index in [1.54, 1.807) is 6.92 Å². The summed E-state index contributed by atoms with van der Waals surface area (Å²) in [5.74, 6) is -3.49. The number of nitrogens with one attached hydrogen (secondary N) is 1. The summed E-state index contributed by atoms with van der Waals surface area (Å²) in [7, 11) is 1.33. The number of aliphatic hydroxyl groups excluding tert-OH is 2. The average molecular weight is 600 g/mol. The van der Waals surface area contributed by atoms with E-state index in [1.165, 1.54) is 32.2 Å². The Balaban J connectivity index is 1.67. The number of phenols is 2. The molecule has 2 aliphatic carbocycles. The van der Waals surface area contributed by atoms with Gasteiger partial charge >= 0.3 is 0 Å².